The summed E-state index contributed by atoms with van der Waals surface area (Å²) in [5, 5.41) is 3.50. The third-order valence-corrected chi connectivity index (χ3v) is 5.74. The van der Waals surface area contributed by atoms with Gasteiger partial charge in [-0.05, 0) is 58.6 Å². The van der Waals surface area contributed by atoms with E-state index in [9.17, 15) is 0 Å². The summed E-state index contributed by atoms with van der Waals surface area (Å²) in [6, 6.07) is 10.7. The highest BCUT2D eigenvalue weighted by atomic mass is 127. The van der Waals surface area contributed by atoms with E-state index in [1.54, 1.807) is 0 Å². The minimum Gasteiger partial charge on any atom is -0.368 e. The van der Waals surface area contributed by atoms with Gasteiger partial charge in [0.05, 0.1) is 0 Å². The van der Waals surface area contributed by atoms with Gasteiger partial charge in [0.2, 0.25) is 0 Å². The van der Waals surface area contributed by atoms with E-state index >= 15 is 0 Å². The molecule has 6 nitrogen and oxygen atoms in total. The molecule has 0 aliphatic carbocycles. The maximum atomic E-state index is 4.93. The Hall–Kier alpha value is -1.06. The van der Waals surface area contributed by atoms with E-state index < -0.39 is 0 Å². The van der Waals surface area contributed by atoms with Gasteiger partial charge in [0.1, 0.15) is 0 Å². The predicted octanol–water partition coefficient (Wildman–Crippen LogP) is 2.42. The molecule has 0 radical (unpaired) electrons. The number of anilines is 1. The summed E-state index contributed by atoms with van der Waals surface area (Å²) in [7, 11) is 2.23. The lowest BCUT2D eigenvalue weighted by atomic mass is 10.2. The van der Waals surface area contributed by atoms with Gasteiger partial charge in [0.15, 0.2) is 5.96 Å². The number of aliphatic imine (C=N–C) groups is 1. The molecule has 2 aliphatic rings. The molecule has 164 valence electrons. The fourth-order valence-electron chi connectivity index (χ4n) is 4.04. The summed E-state index contributed by atoms with van der Waals surface area (Å²) in [5.41, 5.74) is 1.33. The van der Waals surface area contributed by atoms with Crippen LogP contribution in [0.5, 0.6) is 0 Å². The van der Waals surface area contributed by atoms with Crippen LogP contribution < -0.4 is 10.2 Å². The van der Waals surface area contributed by atoms with Crippen LogP contribution in [0.1, 0.15) is 19.8 Å². The van der Waals surface area contributed by atoms with Crippen LogP contribution in [0.3, 0.4) is 0 Å². The van der Waals surface area contributed by atoms with E-state index in [4.69, 9.17) is 4.99 Å². The SMILES string of the molecule is CCNC(=NCCCN1CCCN(C)CC1)N1CCN(c2ccccc2)CC1.I. The fourth-order valence-corrected chi connectivity index (χ4v) is 4.04. The van der Waals surface area contributed by atoms with Crippen molar-refractivity contribution in [3.8, 4) is 0 Å². The molecule has 0 aromatic heterocycles. The molecule has 0 amide bonds. The van der Waals surface area contributed by atoms with E-state index in [2.05, 4.69) is 69.2 Å². The summed E-state index contributed by atoms with van der Waals surface area (Å²) < 4.78 is 0. The molecule has 1 aromatic rings. The third-order valence-electron chi connectivity index (χ3n) is 5.74. The van der Waals surface area contributed by atoms with Crippen LogP contribution in [-0.2, 0) is 0 Å². The lowest BCUT2D eigenvalue weighted by Gasteiger charge is -2.37. The molecule has 0 spiro atoms. The Morgan fingerprint density at radius 2 is 1.72 bits per heavy atom. The second kappa shape index (κ2) is 13.3. The first-order valence-corrected chi connectivity index (χ1v) is 11.0. The number of nitrogens with one attached hydrogen (secondary N) is 1. The minimum atomic E-state index is 0. The molecule has 2 fully saturated rings. The Labute approximate surface area is 194 Å². The van der Waals surface area contributed by atoms with Crippen LogP contribution in [-0.4, -0.2) is 99.7 Å². The van der Waals surface area contributed by atoms with Crippen molar-refractivity contribution in [2.45, 2.75) is 19.8 Å². The number of hydrogen-bond acceptors (Lipinski definition) is 4. The standard InChI is InChI=1S/C22H38N6.HI/c1-3-23-22(24-11-7-13-26-14-8-12-25(2)15-16-26)28-19-17-27(18-20-28)21-9-5-4-6-10-21;/h4-6,9-10H,3,7-8,11-20H2,1-2H3,(H,23,24);1H. The summed E-state index contributed by atoms with van der Waals surface area (Å²) >= 11 is 0. The summed E-state index contributed by atoms with van der Waals surface area (Å²) in [6.45, 7) is 14.2. The Morgan fingerprint density at radius 3 is 2.45 bits per heavy atom. The van der Waals surface area contributed by atoms with E-state index in [-0.39, 0.29) is 24.0 Å². The van der Waals surface area contributed by atoms with Gasteiger partial charge in [-0.3, -0.25) is 4.99 Å². The van der Waals surface area contributed by atoms with Gasteiger partial charge in [-0.2, -0.15) is 0 Å². The second-order valence-corrected chi connectivity index (χ2v) is 7.90. The summed E-state index contributed by atoms with van der Waals surface area (Å²) in [4.78, 5) is 14.9. The zero-order chi connectivity index (χ0) is 19.6. The van der Waals surface area contributed by atoms with Gasteiger partial charge in [-0.15, -0.1) is 24.0 Å². The van der Waals surface area contributed by atoms with E-state index in [0.717, 1.165) is 51.6 Å². The van der Waals surface area contributed by atoms with Crippen molar-refractivity contribution >= 4 is 35.6 Å². The van der Waals surface area contributed by atoms with Gasteiger partial charge < -0.3 is 24.9 Å². The largest absolute Gasteiger partial charge is 0.368 e. The molecule has 29 heavy (non-hydrogen) atoms. The quantitative estimate of drug-likeness (QED) is 0.273. The molecule has 2 aliphatic heterocycles. The van der Waals surface area contributed by atoms with Crippen LogP contribution >= 0.6 is 24.0 Å². The highest BCUT2D eigenvalue weighted by molar-refractivity contribution is 14.0. The lowest BCUT2D eigenvalue weighted by Crippen LogP contribution is -2.52. The number of piperazine rings is 1. The van der Waals surface area contributed by atoms with Gasteiger partial charge in [0.25, 0.3) is 0 Å². The van der Waals surface area contributed by atoms with Crippen LogP contribution in [0.2, 0.25) is 0 Å². The first-order valence-electron chi connectivity index (χ1n) is 11.0. The fraction of sp³-hybridized carbons (Fsp3) is 0.682. The van der Waals surface area contributed by atoms with Gasteiger partial charge in [0, 0.05) is 58.0 Å². The Kier molecular flexibility index (Phi) is 11.1. The Balaban J connectivity index is 0.00000300. The molecule has 3 rings (SSSR count). The lowest BCUT2D eigenvalue weighted by molar-refractivity contribution is 0.274. The maximum absolute atomic E-state index is 4.93. The van der Waals surface area contributed by atoms with Crippen LogP contribution in [0, 0.1) is 0 Å². The predicted molar refractivity (Wildman–Crippen MR) is 135 cm³/mol. The average Bonchev–Trinajstić information content (AvgIpc) is 2.95. The Morgan fingerprint density at radius 1 is 0.966 bits per heavy atom. The molecule has 2 saturated heterocycles. The van der Waals surface area contributed by atoms with Gasteiger partial charge in [-0.25, -0.2) is 0 Å². The van der Waals surface area contributed by atoms with Crippen molar-refractivity contribution in [1.82, 2.24) is 20.0 Å². The van der Waals surface area contributed by atoms with Crippen LogP contribution in [0.4, 0.5) is 5.69 Å². The normalized spacial score (nSPS) is 19.6. The number of nitrogens with zero attached hydrogens (tertiary/aromatic N) is 5. The number of likely N-dealkylation sites (N-methyl/N-ethyl adjacent to an activating group) is 1. The highest BCUT2D eigenvalue weighted by Crippen LogP contribution is 2.15. The molecule has 1 N–H and O–H groups in total. The zero-order valence-electron chi connectivity index (χ0n) is 18.2. The third kappa shape index (κ3) is 7.94. The minimum absolute atomic E-state index is 0. The molecule has 0 bridgehead atoms. The number of guanidine groups is 1. The van der Waals surface area contributed by atoms with Gasteiger partial charge in [-0.1, -0.05) is 18.2 Å². The smallest absolute Gasteiger partial charge is 0.194 e. The molecular formula is C22H39IN6. The van der Waals surface area contributed by atoms with Crippen molar-refractivity contribution in [2.24, 2.45) is 4.99 Å². The number of benzene rings is 1. The first-order chi connectivity index (χ1) is 13.8. The second-order valence-electron chi connectivity index (χ2n) is 7.90. The highest BCUT2D eigenvalue weighted by Gasteiger charge is 2.19. The molecule has 1 aromatic carbocycles. The summed E-state index contributed by atoms with van der Waals surface area (Å²) in [6.07, 6.45) is 2.43. The molecule has 0 unspecified atom stereocenters. The van der Waals surface area contributed by atoms with Crippen molar-refractivity contribution < 1.29 is 0 Å². The topological polar surface area (TPSA) is 37.4 Å². The number of halogens is 1. The first kappa shape index (κ1) is 24.2. The van der Waals surface area contributed by atoms with Crippen molar-refractivity contribution in [1.29, 1.82) is 0 Å². The van der Waals surface area contributed by atoms with Crippen molar-refractivity contribution in [3.05, 3.63) is 30.3 Å². The van der Waals surface area contributed by atoms with E-state index in [0.29, 0.717) is 0 Å². The molecular weight excluding hydrogens is 475 g/mol. The molecule has 2 heterocycles. The molecule has 7 heteroatoms. The molecule has 0 saturated carbocycles. The van der Waals surface area contributed by atoms with Crippen molar-refractivity contribution in [2.75, 3.05) is 83.9 Å². The number of hydrogen-bond donors (Lipinski definition) is 1. The van der Waals surface area contributed by atoms with Crippen LogP contribution in [0.25, 0.3) is 0 Å². The van der Waals surface area contributed by atoms with Gasteiger partial charge >= 0.3 is 0 Å². The number of rotatable bonds is 6. The van der Waals surface area contributed by atoms with E-state index in [1.807, 2.05) is 0 Å². The van der Waals surface area contributed by atoms with Crippen molar-refractivity contribution in [3.63, 3.8) is 0 Å². The monoisotopic (exact) mass is 514 g/mol. The molecule has 0 atom stereocenters. The average molecular weight is 515 g/mol. The maximum Gasteiger partial charge on any atom is 0.194 e. The van der Waals surface area contributed by atoms with Crippen LogP contribution in [0.15, 0.2) is 35.3 Å². The van der Waals surface area contributed by atoms with E-state index in [1.165, 1.54) is 44.8 Å². The zero-order valence-corrected chi connectivity index (χ0v) is 20.6. The summed E-state index contributed by atoms with van der Waals surface area (Å²) in [5.74, 6) is 1.09. The Bertz CT molecular complexity index is 588. The number of para-hydroxylation sites is 1.